The fourth-order valence-corrected chi connectivity index (χ4v) is 1.41. The van der Waals surface area contributed by atoms with Crippen molar-refractivity contribution in [2.75, 3.05) is 6.61 Å². The summed E-state index contributed by atoms with van der Waals surface area (Å²) in [5, 5.41) is 13.1. The van der Waals surface area contributed by atoms with Gasteiger partial charge in [0, 0.05) is 18.8 Å². The number of rotatable bonds is 4. The molecule has 0 unspecified atom stereocenters. The maximum Gasteiger partial charge on any atom is 0.359 e. The van der Waals surface area contributed by atoms with Crippen LogP contribution < -0.4 is 0 Å². The predicted molar refractivity (Wildman–Crippen MR) is 59.8 cm³/mol. The lowest BCUT2D eigenvalue weighted by Gasteiger charge is -2.18. The molecule has 0 atom stereocenters. The molecular formula is C11H16N2O4. The molecule has 0 aromatic carbocycles. The third kappa shape index (κ3) is 2.46. The number of carbonyl (C=O) groups is 2. The first-order valence-electron chi connectivity index (χ1n) is 5.25. The zero-order valence-corrected chi connectivity index (χ0v) is 10.4. The molecular weight excluding hydrogens is 224 g/mol. The van der Waals surface area contributed by atoms with E-state index in [-0.39, 0.29) is 12.3 Å². The smallest absolute Gasteiger partial charge is 0.359 e. The maximum absolute atomic E-state index is 11.7. The highest BCUT2D eigenvalue weighted by atomic mass is 16.5. The molecule has 1 aromatic rings. The highest BCUT2D eigenvalue weighted by Gasteiger charge is 2.36. The van der Waals surface area contributed by atoms with Gasteiger partial charge in [0.2, 0.25) is 0 Å². The molecule has 6 heteroatoms. The SMILES string of the molecule is CCOC(=O)c1nn(C)cc1C(C)(C)C(=O)O. The van der Waals surface area contributed by atoms with Gasteiger partial charge in [0.25, 0.3) is 0 Å². The number of carboxylic acid groups (broad SMARTS) is 1. The van der Waals surface area contributed by atoms with E-state index < -0.39 is 17.4 Å². The van der Waals surface area contributed by atoms with Gasteiger partial charge < -0.3 is 9.84 Å². The quantitative estimate of drug-likeness (QED) is 0.793. The van der Waals surface area contributed by atoms with Crippen molar-refractivity contribution in [3.63, 3.8) is 0 Å². The third-order valence-corrected chi connectivity index (χ3v) is 2.51. The minimum absolute atomic E-state index is 0.0572. The van der Waals surface area contributed by atoms with Gasteiger partial charge in [-0.05, 0) is 20.8 Å². The van der Waals surface area contributed by atoms with E-state index in [0.29, 0.717) is 5.56 Å². The van der Waals surface area contributed by atoms with Crippen LogP contribution >= 0.6 is 0 Å². The van der Waals surface area contributed by atoms with E-state index in [1.165, 1.54) is 24.7 Å². The molecule has 0 spiro atoms. The summed E-state index contributed by atoms with van der Waals surface area (Å²) in [5.74, 6) is -1.62. The third-order valence-electron chi connectivity index (χ3n) is 2.51. The highest BCUT2D eigenvalue weighted by molar-refractivity contribution is 5.92. The second-order valence-corrected chi connectivity index (χ2v) is 4.22. The van der Waals surface area contributed by atoms with E-state index in [2.05, 4.69) is 5.10 Å². The number of aromatic nitrogens is 2. The minimum Gasteiger partial charge on any atom is -0.481 e. The van der Waals surface area contributed by atoms with Crippen LogP contribution in [0.5, 0.6) is 0 Å². The number of carboxylic acids is 1. The van der Waals surface area contributed by atoms with Gasteiger partial charge >= 0.3 is 11.9 Å². The largest absolute Gasteiger partial charge is 0.481 e. The fourth-order valence-electron chi connectivity index (χ4n) is 1.41. The van der Waals surface area contributed by atoms with E-state index in [1.54, 1.807) is 14.0 Å². The molecule has 1 aromatic heterocycles. The van der Waals surface area contributed by atoms with Crippen LogP contribution in [0.3, 0.4) is 0 Å². The first-order chi connectivity index (χ1) is 7.80. The maximum atomic E-state index is 11.7. The van der Waals surface area contributed by atoms with Crippen molar-refractivity contribution in [1.82, 2.24) is 9.78 Å². The van der Waals surface area contributed by atoms with Crippen molar-refractivity contribution >= 4 is 11.9 Å². The molecule has 0 radical (unpaired) electrons. The van der Waals surface area contributed by atoms with Gasteiger partial charge in [-0.1, -0.05) is 0 Å². The summed E-state index contributed by atoms with van der Waals surface area (Å²) in [6.07, 6.45) is 1.53. The van der Waals surface area contributed by atoms with Crippen LogP contribution in [0.25, 0.3) is 0 Å². The lowest BCUT2D eigenvalue weighted by molar-refractivity contribution is -0.142. The molecule has 94 valence electrons. The average molecular weight is 240 g/mol. The summed E-state index contributed by atoms with van der Waals surface area (Å²) in [6.45, 7) is 4.95. The number of hydrogen-bond donors (Lipinski definition) is 1. The molecule has 0 saturated heterocycles. The molecule has 6 nitrogen and oxygen atoms in total. The Labute approximate surface area is 99.2 Å². The minimum atomic E-state index is -1.18. The summed E-state index contributed by atoms with van der Waals surface area (Å²) >= 11 is 0. The zero-order valence-electron chi connectivity index (χ0n) is 10.4. The first-order valence-corrected chi connectivity index (χ1v) is 5.25. The lowest BCUT2D eigenvalue weighted by atomic mass is 9.85. The molecule has 0 fully saturated rings. The van der Waals surface area contributed by atoms with Crippen molar-refractivity contribution in [3.8, 4) is 0 Å². The standard InChI is InChI=1S/C11H16N2O4/c1-5-17-9(14)8-7(6-13(4)12-8)11(2,3)10(15)16/h6H,5H2,1-4H3,(H,15,16). The molecule has 0 aliphatic heterocycles. The van der Waals surface area contributed by atoms with Crippen LogP contribution in [-0.4, -0.2) is 33.4 Å². The van der Waals surface area contributed by atoms with Crippen LogP contribution in [0, 0.1) is 0 Å². The summed E-state index contributed by atoms with van der Waals surface area (Å²) in [6, 6.07) is 0. The summed E-state index contributed by atoms with van der Waals surface area (Å²) in [7, 11) is 1.63. The van der Waals surface area contributed by atoms with Crippen molar-refractivity contribution in [1.29, 1.82) is 0 Å². The Balaban J connectivity index is 3.25. The highest BCUT2D eigenvalue weighted by Crippen LogP contribution is 2.26. The van der Waals surface area contributed by atoms with Gasteiger partial charge in [-0.15, -0.1) is 0 Å². The number of hydrogen-bond acceptors (Lipinski definition) is 4. The molecule has 0 aliphatic carbocycles. The van der Waals surface area contributed by atoms with Gasteiger partial charge in [0.1, 0.15) is 0 Å². The molecule has 1 heterocycles. The van der Waals surface area contributed by atoms with E-state index in [0.717, 1.165) is 0 Å². The average Bonchev–Trinajstić information content (AvgIpc) is 2.61. The lowest BCUT2D eigenvalue weighted by Crippen LogP contribution is -2.30. The Morgan fingerprint density at radius 2 is 2.12 bits per heavy atom. The molecule has 0 aliphatic rings. The summed E-state index contributed by atoms with van der Waals surface area (Å²) in [5.41, 5.74) is -0.774. The number of nitrogens with zero attached hydrogens (tertiary/aromatic N) is 2. The van der Waals surface area contributed by atoms with Crippen LogP contribution in [-0.2, 0) is 22.0 Å². The van der Waals surface area contributed by atoms with Crippen LogP contribution in [0.1, 0.15) is 36.8 Å². The van der Waals surface area contributed by atoms with Gasteiger partial charge in [0.05, 0.1) is 12.0 Å². The van der Waals surface area contributed by atoms with Gasteiger partial charge in [-0.3, -0.25) is 9.48 Å². The molecule has 0 saturated carbocycles. The van der Waals surface area contributed by atoms with Gasteiger partial charge in [-0.25, -0.2) is 4.79 Å². The Bertz CT molecular complexity index is 448. The Hall–Kier alpha value is -1.85. The van der Waals surface area contributed by atoms with Crippen LogP contribution in [0.15, 0.2) is 6.20 Å². The molecule has 0 bridgehead atoms. The normalized spacial score (nSPS) is 11.3. The molecule has 17 heavy (non-hydrogen) atoms. The summed E-state index contributed by atoms with van der Waals surface area (Å²) in [4.78, 5) is 22.8. The zero-order chi connectivity index (χ0) is 13.2. The predicted octanol–water partition coefficient (Wildman–Crippen LogP) is 0.959. The number of carbonyl (C=O) groups excluding carboxylic acids is 1. The van der Waals surface area contributed by atoms with Crippen molar-refractivity contribution in [3.05, 3.63) is 17.5 Å². The first kappa shape index (κ1) is 13.2. The fraction of sp³-hybridized carbons (Fsp3) is 0.545. The number of aliphatic carboxylic acids is 1. The monoisotopic (exact) mass is 240 g/mol. The van der Waals surface area contributed by atoms with E-state index >= 15 is 0 Å². The number of aryl methyl sites for hydroxylation is 1. The summed E-state index contributed by atoms with van der Waals surface area (Å²) < 4.78 is 6.26. The van der Waals surface area contributed by atoms with Crippen molar-refractivity contribution in [2.24, 2.45) is 7.05 Å². The van der Waals surface area contributed by atoms with Crippen LogP contribution in [0.2, 0.25) is 0 Å². The van der Waals surface area contributed by atoms with E-state index in [4.69, 9.17) is 9.84 Å². The Kier molecular flexibility index (Phi) is 3.55. The Morgan fingerprint density at radius 1 is 1.53 bits per heavy atom. The second-order valence-electron chi connectivity index (χ2n) is 4.22. The Morgan fingerprint density at radius 3 is 2.59 bits per heavy atom. The van der Waals surface area contributed by atoms with Gasteiger partial charge in [0.15, 0.2) is 5.69 Å². The number of ether oxygens (including phenoxy) is 1. The van der Waals surface area contributed by atoms with E-state index in [9.17, 15) is 9.59 Å². The van der Waals surface area contributed by atoms with Crippen molar-refractivity contribution < 1.29 is 19.4 Å². The molecule has 1 rings (SSSR count). The molecule has 0 amide bonds. The van der Waals surface area contributed by atoms with Crippen LogP contribution in [0.4, 0.5) is 0 Å². The van der Waals surface area contributed by atoms with E-state index in [1.807, 2.05) is 0 Å². The van der Waals surface area contributed by atoms with Gasteiger partial charge in [-0.2, -0.15) is 5.10 Å². The topological polar surface area (TPSA) is 81.4 Å². The number of esters is 1. The van der Waals surface area contributed by atoms with Crippen molar-refractivity contribution in [2.45, 2.75) is 26.2 Å². The second kappa shape index (κ2) is 4.57. The molecule has 1 N–H and O–H groups in total.